The van der Waals surface area contributed by atoms with Crippen LogP contribution in [-0.2, 0) is 9.59 Å². The number of amides is 2. The Hall–Kier alpha value is -1.06. The fraction of sp³-hybridized carbons (Fsp3) is 0.846. The predicted molar refractivity (Wildman–Crippen MR) is 63.2 cm³/mol. The summed E-state index contributed by atoms with van der Waals surface area (Å²) in [6, 6.07) is 0.215. The Balaban J connectivity index is 1.61. The van der Waals surface area contributed by atoms with Crippen LogP contribution in [0.3, 0.4) is 0 Å². The Kier molecular flexibility index (Phi) is 2.81. The number of carbonyl (C=O) groups is 2. The largest absolute Gasteiger partial charge is 0.352 e. The van der Waals surface area contributed by atoms with Crippen molar-refractivity contribution in [3.63, 3.8) is 0 Å². The van der Waals surface area contributed by atoms with Crippen LogP contribution in [0, 0.1) is 5.92 Å². The van der Waals surface area contributed by atoms with Gasteiger partial charge in [0.25, 0.3) is 0 Å². The highest BCUT2D eigenvalue weighted by Gasteiger charge is 2.39. The highest BCUT2D eigenvalue weighted by molar-refractivity contribution is 5.89. The molecule has 2 amide bonds. The lowest BCUT2D eigenvalue weighted by Crippen LogP contribution is -2.49. The lowest BCUT2D eigenvalue weighted by molar-refractivity contribution is -0.143. The first-order chi connectivity index (χ1) is 8.25. The van der Waals surface area contributed by atoms with Gasteiger partial charge in [0.15, 0.2) is 0 Å². The molecule has 1 heterocycles. The van der Waals surface area contributed by atoms with Crippen molar-refractivity contribution in [3.8, 4) is 0 Å². The minimum Gasteiger partial charge on any atom is -0.352 e. The number of rotatable bonds is 3. The Morgan fingerprint density at radius 2 is 1.76 bits per heavy atom. The smallest absolute Gasteiger partial charge is 0.243 e. The van der Waals surface area contributed by atoms with Crippen LogP contribution in [0.25, 0.3) is 0 Å². The molecular formula is C13H20N2O2. The average Bonchev–Trinajstić information content (AvgIpc) is 2.90. The van der Waals surface area contributed by atoms with Crippen LogP contribution < -0.4 is 5.32 Å². The van der Waals surface area contributed by atoms with Crippen LogP contribution in [0.15, 0.2) is 0 Å². The molecule has 0 aromatic carbocycles. The van der Waals surface area contributed by atoms with E-state index >= 15 is 0 Å². The van der Waals surface area contributed by atoms with E-state index in [9.17, 15) is 9.59 Å². The topological polar surface area (TPSA) is 49.4 Å². The van der Waals surface area contributed by atoms with Crippen molar-refractivity contribution in [1.29, 1.82) is 0 Å². The molecule has 17 heavy (non-hydrogen) atoms. The summed E-state index contributed by atoms with van der Waals surface area (Å²) < 4.78 is 0. The van der Waals surface area contributed by atoms with E-state index in [2.05, 4.69) is 5.32 Å². The van der Waals surface area contributed by atoms with E-state index in [0.717, 1.165) is 45.1 Å². The van der Waals surface area contributed by atoms with Crippen LogP contribution >= 0.6 is 0 Å². The van der Waals surface area contributed by atoms with Gasteiger partial charge in [0, 0.05) is 18.5 Å². The summed E-state index contributed by atoms with van der Waals surface area (Å²) in [4.78, 5) is 26.1. The first-order valence-electron chi connectivity index (χ1n) is 6.86. The molecule has 3 fully saturated rings. The summed E-state index contributed by atoms with van der Waals surface area (Å²) in [6.07, 6.45) is 7.24. The molecule has 1 atom stereocenters. The molecule has 2 saturated carbocycles. The Labute approximate surface area is 102 Å². The Morgan fingerprint density at radius 1 is 1.00 bits per heavy atom. The van der Waals surface area contributed by atoms with E-state index < -0.39 is 0 Å². The van der Waals surface area contributed by atoms with Gasteiger partial charge in [0.2, 0.25) is 11.8 Å². The first-order valence-corrected chi connectivity index (χ1v) is 6.86. The first kappa shape index (κ1) is 11.1. The standard InChI is InChI=1S/C13H20N2O2/c16-12(14-10-6-7-10)11-5-2-8-15(11)13(17)9-3-1-4-9/h9-11H,1-8H2,(H,14,16)/t11-/m0/s1. The molecule has 0 bridgehead atoms. The maximum Gasteiger partial charge on any atom is 0.243 e. The number of nitrogens with zero attached hydrogens (tertiary/aromatic N) is 1. The van der Waals surface area contributed by atoms with Gasteiger partial charge in [-0.2, -0.15) is 0 Å². The molecule has 1 N–H and O–H groups in total. The summed E-state index contributed by atoms with van der Waals surface area (Å²) in [5.41, 5.74) is 0. The van der Waals surface area contributed by atoms with Crippen molar-refractivity contribution in [2.24, 2.45) is 5.92 Å². The zero-order valence-electron chi connectivity index (χ0n) is 10.2. The summed E-state index contributed by atoms with van der Waals surface area (Å²) >= 11 is 0. The zero-order chi connectivity index (χ0) is 11.8. The summed E-state index contributed by atoms with van der Waals surface area (Å²) in [5.74, 6) is 0.520. The molecule has 0 unspecified atom stereocenters. The van der Waals surface area contributed by atoms with Gasteiger partial charge in [0.05, 0.1) is 0 Å². The van der Waals surface area contributed by atoms with E-state index in [1.54, 1.807) is 0 Å². The second kappa shape index (κ2) is 4.31. The van der Waals surface area contributed by atoms with Gasteiger partial charge >= 0.3 is 0 Å². The molecule has 0 radical (unpaired) electrons. The van der Waals surface area contributed by atoms with Crippen molar-refractivity contribution in [3.05, 3.63) is 0 Å². The Morgan fingerprint density at radius 3 is 2.35 bits per heavy atom. The lowest BCUT2D eigenvalue weighted by atomic mass is 9.84. The number of likely N-dealkylation sites (tertiary alicyclic amines) is 1. The molecule has 3 rings (SSSR count). The van der Waals surface area contributed by atoms with E-state index in [-0.39, 0.29) is 23.8 Å². The van der Waals surface area contributed by atoms with Gasteiger partial charge in [-0.3, -0.25) is 9.59 Å². The van der Waals surface area contributed by atoms with Gasteiger partial charge < -0.3 is 10.2 Å². The van der Waals surface area contributed by atoms with Crippen molar-refractivity contribution in [2.45, 2.75) is 57.0 Å². The maximum atomic E-state index is 12.2. The van der Waals surface area contributed by atoms with E-state index in [0.29, 0.717) is 6.04 Å². The molecule has 3 aliphatic rings. The average molecular weight is 236 g/mol. The van der Waals surface area contributed by atoms with Gasteiger partial charge in [-0.25, -0.2) is 0 Å². The third kappa shape index (κ3) is 2.17. The van der Waals surface area contributed by atoms with Crippen molar-refractivity contribution < 1.29 is 9.59 Å². The molecule has 0 spiro atoms. The summed E-state index contributed by atoms with van der Waals surface area (Å²) in [6.45, 7) is 0.776. The Bertz CT molecular complexity index is 334. The molecular weight excluding hydrogens is 216 g/mol. The fourth-order valence-corrected chi connectivity index (χ4v) is 2.72. The van der Waals surface area contributed by atoms with Crippen molar-refractivity contribution >= 4 is 11.8 Å². The van der Waals surface area contributed by atoms with Crippen LogP contribution in [-0.4, -0.2) is 35.3 Å². The summed E-state index contributed by atoms with van der Waals surface area (Å²) in [7, 11) is 0. The molecule has 4 heteroatoms. The van der Waals surface area contributed by atoms with E-state index in [1.165, 1.54) is 6.42 Å². The minimum absolute atomic E-state index is 0.0812. The molecule has 0 aromatic heterocycles. The van der Waals surface area contributed by atoms with Crippen molar-refractivity contribution in [1.82, 2.24) is 10.2 Å². The molecule has 0 aromatic rings. The molecule has 1 saturated heterocycles. The van der Waals surface area contributed by atoms with Gasteiger partial charge in [0.1, 0.15) is 6.04 Å². The number of nitrogens with one attached hydrogen (secondary N) is 1. The monoisotopic (exact) mass is 236 g/mol. The lowest BCUT2D eigenvalue weighted by Gasteiger charge is -2.32. The quantitative estimate of drug-likeness (QED) is 0.796. The van der Waals surface area contributed by atoms with Gasteiger partial charge in [-0.05, 0) is 38.5 Å². The third-order valence-electron chi connectivity index (χ3n) is 4.22. The molecule has 2 aliphatic carbocycles. The van der Waals surface area contributed by atoms with Crippen LogP contribution in [0.4, 0.5) is 0 Å². The third-order valence-corrected chi connectivity index (χ3v) is 4.22. The molecule has 94 valence electrons. The number of hydrogen-bond acceptors (Lipinski definition) is 2. The predicted octanol–water partition coefficient (Wildman–Crippen LogP) is 1.06. The second-order valence-electron chi connectivity index (χ2n) is 5.60. The maximum absolute atomic E-state index is 12.2. The fourth-order valence-electron chi connectivity index (χ4n) is 2.72. The normalized spacial score (nSPS) is 28.9. The minimum atomic E-state index is -0.177. The zero-order valence-corrected chi connectivity index (χ0v) is 10.2. The SMILES string of the molecule is O=C(NC1CC1)[C@@H]1CCCN1C(=O)C1CCC1. The van der Waals surface area contributed by atoms with E-state index in [4.69, 9.17) is 0 Å². The van der Waals surface area contributed by atoms with Crippen LogP contribution in [0.2, 0.25) is 0 Å². The van der Waals surface area contributed by atoms with Gasteiger partial charge in [-0.15, -0.1) is 0 Å². The number of carbonyl (C=O) groups excluding carboxylic acids is 2. The van der Waals surface area contributed by atoms with Crippen molar-refractivity contribution in [2.75, 3.05) is 6.54 Å². The van der Waals surface area contributed by atoms with E-state index in [1.807, 2.05) is 4.90 Å². The van der Waals surface area contributed by atoms with Crippen LogP contribution in [0.5, 0.6) is 0 Å². The number of hydrogen-bond donors (Lipinski definition) is 1. The summed E-state index contributed by atoms with van der Waals surface area (Å²) in [5, 5.41) is 3.02. The molecule has 1 aliphatic heterocycles. The van der Waals surface area contributed by atoms with Crippen LogP contribution in [0.1, 0.15) is 44.9 Å². The highest BCUT2D eigenvalue weighted by Crippen LogP contribution is 2.31. The highest BCUT2D eigenvalue weighted by atomic mass is 16.2. The molecule has 4 nitrogen and oxygen atoms in total. The second-order valence-corrected chi connectivity index (χ2v) is 5.60. The van der Waals surface area contributed by atoms with Gasteiger partial charge in [-0.1, -0.05) is 6.42 Å².